The Balaban J connectivity index is 1.64. The zero-order chi connectivity index (χ0) is 19.1. The number of amides is 3. The van der Waals surface area contributed by atoms with Crippen molar-refractivity contribution in [3.63, 3.8) is 0 Å². The molecule has 1 fully saturated rings. The quantitative estimate of drug-likeness (QED) is 0.820. The predicted octanol–water partition coefficient (Wildman–Crippen LogP) is 1.23. The third-order valence-corrected chi connectivity index (χ3v) is 4.96. The molecule has 1 aromatic carbocycles. The van der Waals surface area contributed by atoms with Crippen molar-refractivity contribution >= 4 is 17.7 Å². The van der Waals surface area contributed by atoms with Crippen molar-refractivity contribution in [3.05, 3.63) is 41.2 Å². The second kappa shape index (κ2) is 6.61. The summed E-state index contributed by atoms with van der Waals surface area (Å²) in [4.78, 5) is 38.0. The monoisotopic (exact) mass is 367 g/mol. The summed E-state index contributed by atoms with van der Waals surface area (Å²) in [6, 6.07) is 4.85. The first-order chi connectivity index (χ1) is 12.9. The zero-order valence-electron chi connectivity index (χ0n) is 15.3. The molecule has 2 aliphatic rings. The Labute approximate surface area is 156 Å². The molecule has 0 bridgehead atoms. The number of aromatic nitrogens is 3. The standard InChI is InChI=1S/C19H21N5O3/c1-11(2)8-12-9-24(22-21-12)15-5-3-4-13-14(15)10-23(19(13)27)16-6-7-17(25)20-18(16)26/h3-5,9,11,16H,6-8,10H2,1-2H3,(H,20,25,26). The van der Waals surface area contributed by atoms with Crippen LogP contribution in [0.2, 0.25) is 0 Å². The maximum atomic E-state index is 12.9. The van der Waals surface area contributed by atoms with Crippen LogP contribution in [0.4, 0.5) is 0 Å². The van der Waals surface area contributed by atoms with Crippen molar-refractivity contribution in [2.45, 2.75) is 45.7 Å². The van der Waals surface area contributed by atoms with Gasteiger partial charge in [0.05, 0.1) is 17.6 Å². The summed E-state index contributed by atoms with van der Waals surface area (Å²) < 4.78 is 1.69. The van der Waals surface area contributed by atoms with E-state index in [1.54, 1.807) is 15.6 Å². The highest BCUT2D eigenvalue weighted by Gasteiger charge is 2.40. The van der Waals surface area contributed by atoms with E-state index in [0.717, 1.165) is 23.4 Å². The minimum atomic E-state index is -0.623. The van der Waals surface area contributed by atoms with Gasteiger partial charge in [-0.05, 0) is 30.9 Å². The van der Waals surface area contributed by atoms with Gasteiger partial charge in [-0.3, -0.25) is 19.7 Å². The van der Waals surface area contributed by atoms with Crippen LogP contribution in [0.1, 0.15) is 48.3 Å². The molecule has 2 aromatic rings. The summed E-state index contributed by atoms with van der Waals surface area (Å²) in [6.45, 7) is 4.56. The van der Waals surface area contributed by atoms with E-state index in [2.05, 4.69) is 29.5 Å². The summed E-state index contributed by atoms with van der Waals surface area (Å²) >= 11 is 0. The predicted molar refractivity (Wildman–Crippen MR) is 95.9 cm³/mol. The molecule has 8 heteroatoms. The van der Waals surface area contributed by atoms with Crippen LogP contribution in [0.25, 0.3) is 5.69 Å². The molecule has 140 valence electrons. The number of hydrogen-bond donors (Lipinski definition) is 1. The van der Waals surface area contributed by atoms with E-state index >= 15 is 0 Å². The summed E-state index contributed by atoms with van der Waals surface area (Å²) in [5.74, 6) is -0.416. The van der Waals surface area contributed by atoms with Crippen molar-refractivity contribution < 1.29 is 14.4 Å². The summed E-state index contributed by atoms with van der Waals surface area (Å²) in [5, 5.41) is 10.8. The van der Waals surface area contributed by atoms with Crippen LogP contribution in [0.15, 0.2) is 24.4 Å². The second-order valence-corrected chi connectivity index (χ2v) is 7.46. The normalized spacial score (nSPS) is 19.6. The minimum absolute atomic E-state index is 0.191. The van der Waals surface area contributed by atoms with Crippen molar-refractivity contribution in [1.29, 1.82) is 0 Å². The number of carbonyl (C=O) groups excluding carboxylic acids is 3. The number of hydrogen-bond acceptors (Lipinski definition) is 5. The lowest BCUT2D eigenvalue weighted by Gasteiger charge is -2.29. The summed E-state index contributed by atoms with van der Waals surface area (Å²) in [7, 11) is 0. The molecule has 8 nitrogen and oxygen atoms in total. The van der Waals surface area contributed by atoms with Crippen molar-refractivity contribution in [2.24, 2.45) is 5.92 Å². The average Bonchev–Trinajstić information content (AvgIpc) is 3.19. The fourth-order valence-corrected chi connectivity index (χ4v) is 3.71. The number of rotatable bonds is 4. The first-order valence-electron chi connectivity index (χ1n) is 9.12. The van der Waals surface area contributed by atoms with Crippen LogP contribution in [-0.2, 0) is 22.6 Å². The second-order valence-electron chi connectivity index (χ2n) is 7.46. The van der Waals surface area contributed by atoms with Gasteiger partial charge in [0.15, 0.2) is 0 Å². The maximum Gasteiger partial charge on any atom is 0.255 e. The van der Waals surface area contributed by atoms with E-state index < -0.39 is 11.9 Å². The third kappa shape index (κ3) is 3.11. The lowest BCUT2D eigenvalue weighted by Crippen LogP contribution is -2.52. The Morgan fingerprint density at radius 2 is 2.07 bits per heavy atom. The molecule has 1 saturated heterocycles. The van der Waals surface area contributed by atoms with Crippen LogP contribution in [-0.4, -0.2) is 43.7 Å². The SMILES string of the molecule is CC(C)Cc1cn(-c2cccc3c2CN(C2CCC(=O)NC2=O)C3=O)nn1. The number of piperidine rings is 1. The van der Waals surface area contributed by atoms with Gasteiger partial charge in [-0.25, -0.2) is 4.68 Å². The Kier molecular flexibility index (Phi) is 4.25. The first kappa shape index (κ1) is 17.4. The van der Waals surface area contributed by atoms with Gasteiger partial charge < -0.3 is 4.90 Å². The molecule has 0 spiro atoms. The van der Waals surface area contributed by atoms with Gasteiger partial charge in [-0.15, -0.1) is 5.10 Å². The highest BCUT2D eigenvalue weighted by molar-refractivity contribution is 6.05. The highest BCUT2D eigenvalue weighted by Crippen LogP contribution is 2.31. The van der Waals surface area contributed by atoms with Crippen molar-refractivity contribution in [2.75, 3.05) is 0 Å². The van der Waals surface area contributed by atoms with Gasteiger partial charge in [0.1, 0.15) is 6.04 Å². The summed E-state index contributed by atoms with van der Waals surface area (Å²) in [6.07, 6.45) is 3.30. The molecule has 3 heterocycles. The number of nitrogens with one attached hydrogen (secondary N) is 1. The highest BCUT2D eigenvalue weighted by atomic mass is 16.2. The number of fused-ring (bicyclic) bond motifs is 1. The molecule has 2 aliphatic heterocycles. The smallest absolute Gasteiger partial charge is 0.255 e. The molecule has 1 N–H and O–H groups in total. The Hall–Kier alpha value is -3.03. The van der Waals surface area contributed by atoms with Crippen molar-refractivity contribution in [3.8, 4) is 5.69 Å². The Morgan fingerprint density at radius 1 is 1.26 bits per heavy atom. The largest absolute Gasteiger partial charge is 0.322 e. The molecule has 1 aromatic heterocycles. The van der Waals surface area contributed by atoms with Gasteiger partial charge >= 0.3 is 0 Å². The van der Waals surface area contributed by atoms with Crippen LogP contribution in [0.3, 0.4) is 0 Å². The lowest BCUT2D eigenvalue weighted by molar-refractivity contribution is -0.136. The van der Waals surface area contributed by atoms with Gasteiger partial charge in [0.25, 0.3) is 5.91 Å². The minimum Gasteiger partial charge on any atom is -0.322 e. The van der Waals surface area contributed by atoms with Crippen LogP contribution >= 0.6 is 0 Å². The number of imide groups is 1. The topological polar surface area (TPSA) is 97.2 Å². The molecule has 3 amide bonds. The number of carbonyl (C=O) groups is 3. The zero-order valence-corrected chi connectivity index (χ0v) is 15.3. The average molecular weight is 367 g/mol. The van der Waals surface area contributed by atoms with E-state index in [1.807, 2.05) is 18.3 Å². The molecule has 0 radical (unpaired) electrons. The number of nitrogens with zero attached hydrogens (tertiary/aromatic N) is 4. The molecular weight excluding hydrogens is 346 g/mol. The molecule has 0 saturated carbocycles. The van der Waals surface area contributed by atoms with Gasteiger partial charge in [0.2, 0.25) is 11.8 Å². The van der Waals surface area contributed by atoms with E-state index in [1.165, 1.54) is 0 Å². The fourth-order valence-electron chi connectivity index (χ4n) is 3.71. The van der Waals surface area contributed by atoms with E-state index in [-0.39, 0.29) is 18.2 Å². The number of benzene rings is 1. The van der Waals surface area contributed by atoms with Gasteiger partial charge in [-0.2, -0.15) is 0 Å². The molecule has 4 rings (SSSR count). The Morgan fingerprint density at radius 3 is 2.81 bits per heavy atom. The van der Waals surface area contributed by atoms with Gasteiger partial charge in [-0.1, -0.05) is 25.1 Å². The molecule has 0 aliphatic carbocycles. The Bertz CT molecular complexity index is 933. The van der Waals surface area contributed by atoms with E-state index in [9.17, 15) is 14.4 Å². The lowest BCUT2D eigenvalue weighted by atomic mass is 10.0. The van der Waals surface area contributed by atoms with Crippen LogP contribution < -0.4 is 5.32 Å². The first-order valence-corrected chi connectivity index (χ1v) is 9.12. The summed E-state index contributed by atoms with van der Waals surface area (Å²) in [5.41, 5.74) is 3.08. The van der Waals surface area contributed by atoms with Crippen molar-refractivity contribution in [1.82, 2.24) is 25.2 Å². The molecule has 27 heavy (non-hydrogen) atoms. The third-order valence-electron chi connectivity index (χ3n) is 4.96. The fraction of sp³-hybridized carbons (Fsp3) is 0.421. The van der Waals surface area contributed by atoms with Crippen LogP contribution in [0.5, 0.6) is 0 Å². The molecular formula is C19H21N5O3. The maximum absolute atomic E-state index is 12.9. The molecule has 1 unspecified atom stereocenters. The molecule has 1 atom stereocenters. The van der Waals surface area contributed by atoms with Crippen LogP contribution in [0, 0.1) is 5.92 Å². The van der Waals surface area contributed by atoms with E-state index in [0.29, 0.717) is 24.4 Å². The van der Waals surface area contributed by atoms with Gasteiger partial charge in [0, 0.05) is 24.1 Å². The van der Waals surface area contributed by atoms with E-state index in [4.69, 9.17) is 0 Å².